The van der Waals surface area contributed by atoms with E-state index in [9.17, 15) is 28.8 Å². The quantitative estimate of drug-likeness (QED) is 0.281. The van der Waals surface area contributed by atoms with E-state index in [1.165, 1.54) is 0 Å². The molecular weight excluding hydrogens is 420 g/mol. The van der Waals surface area contributed by atoms with Gasteiger partial charge in [-0.2, -0.15) is 0 Å². The number of Topliss-reactive ketones (excluding diaryl/α,β-unsaturated/α-hetero) is 2. The Kier molecular flexibility index (Phi) is 10.6. The Balaban J connectivity index is 1.61. The van der Waals surface area contributed by atoms with Crippen molar-refractivity contribution < 1.29 is 38.2 Å². The number of rotatable bonds is 10. The van der Waals surface area contributed by atoms with Gasteiger partial charge in [0.2, 0.25) is 0 Å². The van der Waals surface area contributed by atoms with Gasteiger partial charge in [0.15, 0.2) is 13.2 Å². The van der Waals surface area contributed by atoms with Gasteiger partial charge in [-0.05, 0) is 25.7 Å². The van der Waals surface area contributed by atoms with Crippen molar-refractivity contribution in [3.63, 3.8) is 0 Å². The Morgan fingerprint density at radius 3 is 1.28 bits per heavy atom. The third-order valence-corrected chi connectivity index (χ3v) is 5.43. The van der Waals surface area contributed by atoms with Crippen LogP contribution >= 0.6 is 0 Å². The zero-order valence-electron chi connectivity index (χ0n) is 18.1. The van der Waals surface area contributed by atoms with Gasteiger partial charge in [-0.25, -0.2) is 9.59 Å². The topological polar surface area (TPSA) is 145 Å². The molecule has 32 heavy (non-hydrogen) atoms. The molecular formula is C22H30N2O8. The lowest BCUT2D eigenvalue weighted by Crippen LogP contribution is -2.41. The Morgan fingerprint density at radius 2 is 0.938 bits per heavy atom. The molecule has 0 aromatic heterocycles. The van der Waals surface area contributed by atoms with Crippen LogP contribution in [0.15, 0.2) is 12.2 Å². The summed E-state index contributed by atoms with van der Waals surface area (Å²) in [6.07, 6.45) is 10.9. The van der Waals surface area contributed by atoms with Crippen molar-refractivity contribution in [2.75, 3.05) is 13.2 Å². The first-order chi connectivity index (χ1) is 15.3. The summed E-state index contributed by atoms with van der Waals surface area (Å²) in [6, 6.07) is -0.0870. The van der Waals surface area contributed by atoms with Crippen LogP contribution in [0.25, 0.3) is 0 Å². The van der Waals surface area contributed by atoms with Crippen molar-refractivity contribution in [1.29, 1.82) is 0 Å². The molecule has 0 aromatic carbocycles. The second-order valence-electron chi connectivity index (χ2n) is 8.01. The minimum atomic E-state index is -1.03. The lowest BCUT2D eigenvalue weighted by atomic mass is 9.95. The lowest BCUT2D eigenvalue weighted by Gasteiger charge is -2.22. The molecule has 0 bridgehead atoms. The number of amides is 2. The smallest absolute Gasteiger partial charge is 0.331 e. The van der Waals surface area contributed by atoms with E-state index in [4.69, 9.17) is 0 Å². The minimum absolute atomic E-state index is 0.0435. The van der Waals surface area contributed by atoms with Crippen LogP contribution in [0.4, 0.5) is 0 Å². The van der Waals surface area contributed by atoms with Gasteiger partial charge >= 0.3 is 11.9 Å². The molecule has 2 saturated carbocycles. The minimum Gasteiger partial charge on any atom is -0.454 e. The largest absolute Gasteiger partial charge is 0.454 e. The van der Waals surface area contributed by atoms with Crippen LogP contribution in [0.5, 0.6) is 0 Å². The molecule has 0 radical (unpaired) electrons. The number of esters is 2. The maximum atomic E-state index is 11.8. The number of hydrogen-bond donors (Lipinski definition) is 2. The molecule has 2 amide bonds. The molecule has 0 heterocycles. The summed E-state index contributed by atoms with van der Waals surface area (Å²) in [4.78, 5) is 70.3. The van der Waals surface area contributed by atoms with Gasteiger partial charge in [0.05, 0.1) is 0 Å². The number of ether oxygens (including phenoxy) is 2. The van der Waals surface area contributed by atoms with Crippen LogP contribution in [0.1, 0.15) is 64.2 Å². The van der Waals surface area contributed by atoms with Crippen molar-refractivity contribution >= 4 is 35.3 Å². The molecule has 0 unspecified atom stereocenters. The summed E-state index contributed by atoms with van der Waals surface area (Å²) in [5.74, 6) is -5.45. The standard InChI is InChI=1S/C22H30N2O8/c25-17(21(29)23-15-7-3-1-4-8-15)13-31-19(27)11-12-20(28)32-14-18(26)22(30)24-16-9-5-2-6-10-16/h11-12,15-16H,1-10,13-14H2,(H,23,29)(H,24,30)/b12-11+. The highest BCUT2D eigenvalue weighted by Gasteiger charge is 2.22. The van der Waals surface area contributed by atoms with Crippen LogP contribution in [0, 0.1) is 0 Å². The number of carbonyl (C=O) groups excluding carboxylic acids is 6. The second kappa shape index (κ2) is 13.4. The highest BCUT2D eigenvalue weighted by Crippen LogP contribution is 2.18. The fourth-order valence-electron chi connectivity index (χ4n) is 3.66. The van der Waals surface area contributed by atoms with Crippen LogP contribution in [0.2, 0.25) is 0 Å². The van der Waals surface area contributed by atoms with E-state index < -0.39 is 48.5 Å². The summed E-state index contributed by atoms with van der Waals surface area (Å²) in [6.45, 7) is -1.51. The molecule has 0 aromatic rings. The molecule has 2 N–H and O–H groups in total. The normalized spacial score (nSPS) is 17.4. The van der Waals surface area contributed by atoms with Gasteiger partial charge in [-0.3, -0.25) is 19.2 Å². The fraction of sp³-hybridized carbons (Fsp3) is 0.636. The maximum absolute atomic E-state index is 11.8. The van der Waals surface area contributed by atoms with E-state index in [1.807, 2.05) is 0 Å². The first kappa shape index (κ1) is 25.2. The molecule has 10 heteroatoms. The molecule has 176 valence electrons. The first-order valence-electron chi connectivity index (χ1n) is 11.0. The molecule has 2 fully saturated rings. The van der Waals surface area contributed by atoms with Gasteiger partial charge < -0.3 is 20.1 Å². The van der Waals surface area contributed by atoms with E-state index in [2.05, 4.69) is 20.1 Å². The highest BCUT2D eigenvalue weighted by molar-refractivity contribution is 6.37. The van der Waals surface area contributed by atoms with Gasteiger partial charge in [0.25, 0.3) is 23.4 Å². The number of ketones is 2. The number of carbonyl (C=O) groups is 6. The van der Waals surface area contributed by atoms with E-state index in [0.717, 1.165) is 64.2 Å². The molecule has 2 aliphatic rings. The lowest BCUT2D eigenvalue weighted by molar-refractivity contribution is -0.148. The van der Waals surface area contributed by atoms with Gasteiger partial charge in [-0.1, -0.05) is 38.5 Å². The van der Waals surface area contributed by atoms with E-state index in [0.29, 0.717) is 12.2 Å². The van der Waals surface area contributed by atoms with Crippen LogP contribution in [0.3, 0.4) is 0 Å². The zero-order valence-corrected chi connectivity index (χ0v) is 18.1. The Hall–Kier alpha value is -3.04. The predicted molar refractivity (Wildman–Crippen MR) is 111 cm³/mol. The average molecular weight is 450 g/mol. The van der Waals surface area contributed by atoms with E-state index in [1.54, 1.807) is 0 Å². The average Bonchev–Trinajstić information content (AvgIpc) is 2.80. The van der Waals surface area contributed by atoms with Crippen molar-refractivity contribution in [3.8, 4) is 0 Å². The summed E-state index contributed by atoms with van der Waals surface area (Å²) in [7, 11) is 0. The summed E-state index contributed by atoms with van der Waals surface area (Å²) >= 11 is 0. The number of nitrogens with one attached hydrogen (secondary N) is 2. The van der Waals surface area contributed by atoms with Gasteiger partial charge in [0.1, 0.15) is 0 Å². The molecule has 2 rings (SSSR count). The zero-order chi connectivity index (χ0) is 23.3. The summed E-state index contributed by atoms with van der Waals surface area (Å²) < 4.78 is 9.28. The predicted octanol–water partition coefficient (Wildman–Crippen LogP) is 0.665. The van der Waals surface area contributed by atoms with Crippen molar-refractivity contribution in [2.45, 2.75) is 76.3 Å². The summed E-state index contributed by atoms with van der Waals surface area (Å²) in [5.41, 5.74) is 0. The van der Waals surface area contributed by atoms with Crippen LogP contribution in [-0.2, 0) is 38.2 Å². The van der Waals surface area contributed by atoms with Crippen LogP contribution in [-0.4, -0.2) is 60.6 Å². The third-order valence-electron chi connectivity index (χ3n) is 5.43. The second-order valence-corrected chi connectivity index (χ2v) is 8.01. The molecule has 0 aliphatic heterocycles. The Labute approximate surface area is 186 Å². The monoisotopic (exact) mass is 450 g/mol. The molecule has 2 aliphatic carbocycles. The molecule has 0 spiro atoms. The van der Waals surface area contributed by atoms with Crippen molar-refractivity contribution in [1.82, 2.24) is 10.6 Å². The first-order valence-corrected chi connectivity index (χ1v) is 11.0. The molecule has 0 saturated heterocycles. The van der Waals surface area contributed by atoms with Crippen molar-refractivity contribution in [3.05, 3.63) is 12.2 Å². The Bertz CT molecular complexity index is 687. The SMILES string of the molecule is O=C(/C=C/C(=O)OCC(=O)C(=O)NC1CCCCC1)OCC(=O)C(=O)NC1CCCCC1. The molecule has 0 atom stereocenters. The van der Waals surface area contributed by atoms with Gasteiger partial charge in [0, 0.05) is 24.2 Å². The van der Waals surface area contributed by atoms with Crippen molar-refractivity contribution in [2.24, 2.45) is 0 Å². The van der Waals surface area contributed by atoms with Crippen LogP contribution < -0.4 is 10.6 Å². The van der Waals surface area contributed by atoms with Gasteiger partial charge in [-0.15, -0.1) is 0 Å². The summed E-state index contributed by atoms with van der Waals surface area (Å²) in [5, 5.41) is 5.24. The maximum Gasteiger partial charge on any atom is 0.331 e. The molecule has 10 nitrogen and oxygen atoms in total. The number of hydrogen-bond acceptors (Lipinski definition) is 8. The third kappa shape index (κ3) is 9.40. The fourth-order valence-corrected chi connectivity index (χ4v) is 3.66. The highest BCUT2D eigenvalue weighted by atomic mass is 16.5. The van der Waals surface area contributed by atoms with E-state index in [-0.39, 0.29) is 12.1 Å². The van der Waals surface area contributed by atoms with E-state index >= 15 is 0 Å². The Morgan fingerprint density at radius 1 is 0.594 bits per heavy atom.